The van der Waals surface area contributed by atoms with Gasteiger partial charge in [0.1, 0.15) is 0 Å². The van der Waals surface area contributed by atoms with Crippen molar-refractivity contribution in [2.75, 3.05) is 26.8 Å². The number of likely N-dealkylation sites (N-methyl/N-ethyl adjacent to an activating group) is 1. The molecule has 0 amide bonds. The molecule has 3 heteroatoms. The number of rotatable bonds is 7. The van der Waals surface area contributed by atoms with Crippen LogP contribution in [0, 0.1) is 0 Å². The molecule has 1 aromatic rings. The lowest BCUT2D eigenvalue weighted by Crippen LogP contribution is -2.31. The Balaban J connectivity index is 1.56. The van der Waals surface area contributed by atoms with E-state index in [9.17, 15) is 0 Å². The zero-order valence-corrected chi connectivity index (χ0v) is 12.5. The maximum absolute atomic E-state index is 5.49. The fourth-order valence-corrected chi connectivity index (χ4v) is 2.92. The van der Waals surface area contributed by atoms with Crippen LogP contribution in [0.5, 0.6) is 0 Å². The number of hydrogen-bond acceptors (Lipinski definition) is 3. The second kappa shape index (κ2) is 6.70. The van der Waals surface area contributed by atoms with Crippen molar-refractivity contribution in [3.63, 3.8) is 0 Å². The molecule has 2 aliphatic rings. The van der Waals surface area contributed by atoms with Gasteiger partial charge in [-0.25, -0.2) is 0 Å². The summed E-state index contributed by atoms with van der Waals surface area (Å²) in [7, 11) is 2.22. The van der Waals surface area contributed by atoms with E-state index in [1.165, 1.54) is 30.4 Å². The van der Waals surface area contributed by atoms with Crippen molar-refractivity contribution >= 4 is 0 Å². The summed E-state index contributed by atoms with van der Waals surface area (Å²) in [5, 5.41) is 3.61. The summed E-state index contributed by atoms with van der Waals surface area (Å²) >= 11 is 0. The van der Waals surface area contributed by atoms with Crippen LogP contribution in [-0.2, 0) is 17.7 Å². The van der Waals surface area contributed by atoms with E-state index in [4.69, 9.17) is 4.74 Å². The van der Waals surface area contributed by atoms with Crippen LogP contribution >= 0.6 is 0 Å². The van der Waals surface area contributed by atoms with Crippen LogP contribution in [0.1, 0.15) is 30.4 Å². The molecule has 0 aromatic heterocycles. The zero-order valence-electron chi connectivity index (χ0n) is 12.5. The Kier molecular flexibility index (Phi) is 4.71. The predicted octanol–water partition coefficient (Wildman–Crippen LogP) is 2.20. The number of benzene rings is 1. The third-order valence-electron chi connectivity index (χ3n) is 4.47. The van der Waals surface area contributed by atoms with Gasteiger partial charge in [-0.15, -0.1) is 0 Å². The Morgan fingerprint density at radius 2 is 2.00 bits per heavy atom. The lowest BCUT2D eigenvalue weighted by molar-refractivity contribution is 0.156. The number of ether oxygens (including phenoxy) is 1. The first-order chi connectivity index (χ1) is 9.83. The van der Waals surface area contributed by atoms with Gasteiger partial charge in [-0.3, -0.25) is 4.90 Å². The van der Waals surface area contributed by atoms with Crippen molar-refractivity contribution in [3.05, 3.63) is 35.4 Å². The second-order valence-electron chi connectivity index (χ2n) is 6.18. The molecule has 1 saturated heterocycles. The minimum atomic E-state index is 0.590. The molecule has 1 saturated carbocycles. The van der Waals surface area contributed by atoms with Crippen molar-refractivity contribution in [1.82, 2.24) is 10.2 Å². The Morgan fingerprint density at radius 1 is 1.20 bits per heavy atom. The standard InChI is InChI=1S/C17H26N2O/c1-19(17-9-11-20-13-17)12-15-5-3-2-4-14(15)8-10-18-16-6-7-16/h2-5,16-18H,6-13H2,1H3. The second-order valence-corrected chi connectivity index (χ2v) is 6.18. The average molecular weight is 274 g/mol. The SMILES string of the molecule is CN(Cc1ccccc1CCNC1CC1)C1CCOC1. The lowest BCUT2D eigenvalue weighted by Gasteiger charge is -2.24. The van der Waals surface area contributed by atoms with Gasteiger partial charge in [0, 0.05) is 25.2 Å². The van der Waals surface area contributed by atoms with Gasteiger partial charge in [0.15, 0.2) is 0 Å². The van der Waals surface area contributed by atoms with Crippen LogP contribution < -0.4 is 5.32 Å². The normalized spacial score (nSPS) is 22.6. The highest BCUT2D eigenvalue weighted by molar-refractivity contribution is 5.27. The largest absolute Gasteiger partial charge is 0.380 e. The van der Waals surface area contributed by atoms with E-state index in [-0.39, 0.29) is 0 Å². The topological polar surface area (TPSA) is 24.5 Å². The highest BCUT2D eigenvalue weighted by atomic mass is 16.5. The molecule has 3 nitrogen and oxygen atoms in total. The van der Waals surface area contributed by atoms with Crippen LogP contribution in [0.3, 0.4) is 0 Å². The predicted molar refractivity (Wildman–Crippen MR) is 81.9 cm³/mol. The molecule has 0 spiro atoms. The van der Waals surface area contributed by atoms with Gasteiger partial charge in [0.05, 0.1) is 6.61 Å². The van der Waals surface area contributed by atoms with Crippen molar-refractivity contribution in [2.45, 2.75) is 44.3 Å². The molecule has 1 aliphatic carbocycles. The summed E-state index contributed by atoms with van der Waals surface area (Å²) in [5.74, 6) is 0. The molecule has 1 unspecified atom stereocenters. The highest BCUT2D eigenvalue weighted by Crippen LogP contribution is 2.19. The van der Waals surface area contributed by atoms with E-state index in [0.717, 1.165) is 38.8 Å². The highest BCUT2D eigenvalue weighted by Gasteiger charge is 2.21. The summed E-state index contributed by atoms with van der Waals surface area (Å²) in [4.78, 5) is 2.44. The van der Waals surface area contributed by atoms with Crippen molar-refractivity contribution in [2.24, 2.45) is 0 Å². The van der Waals surface area contributed by atoms with Gasteiger partial charge >= 0.3 is 0 Å². The molecule has 2 fully saturated rings. The number of nitrogens with zero attached hydrogens (tertiary/aromatic N) is 1. The molecular weight excluding hydrogens is 248 g/mol. The number of nitrogens with one attached hydrogen (secondary N) is 1. The molecule has 20 heavy (non-hydrogen) atoms. The fraction of sp³-hybridized carbons (Fsp3) is 0.647. The first-order valence-corrected chi connectivity index (χ1v) is 7.91. The van der Waals surface area contributed by atoms with Crippen LogP contribution in [0.25, 0.3) is 0 Å². The van der Waals surface area contributed by atoms with Gasteiger partial charge in [-0.2, -0.15) is 0 Å². The minimum Gasteiger partial charge on any atom is -0.380 e. The van der Waals surface area contributed by atoms with Crippen LogP contribution in [0.2, 0.25) is 0 Å². The Labute approximate surface area is 122 Å². The van der Waals surface area contributed by atoms with E-state index in [1.54, 1.807) is 0 Å². The van der Waals surface area contributed by atoms with E-state index < -0.39 is 0 Å². The van der Waals surface area contributed by atoms with Crippen molar-refractivity contribution in [3.8, 4) is 0 Å². The molecule has 1 N–H and O–H groups in total. The van der Waals surface area contributed by atoms with Crippen LogP contribution in [-0.4, -0.2) is 43.8 Å². The number of hydrogen-bond donors (Lipinski definition) is 1. The van der Waals surface area contributed by atoms with Crippen molar-refractivity contribution < 1.29 is 4.74 Å². The Bertz CT molecular complexity index is 425. The Morgan fingerprint density at radius 3 is 2.70 bits per heavy atom. The summed E-state index contributed by atoms with van der Waals surface area (Å²) < 4.78 is 5.49. The quantitative estimate of drug-likeness (QED) is 0.825. The molecule has 1 aliphatic heterocycles. The maximum Gasteiger partial charge on any atom is 0.0622 e. The molecule has 1 atom stereocenters. The summed E-state index contributed by atoms with van der Waals surface area (Å²) in [6, 6.07) is 10.3. The zero-order chi connectivity index (χ0) is 13.8. The third kappa shape index (κ3) is 3.81. The molecule has 1 aromatic carbocycles. The van der Waals surface area contributed by atoms with Gasteiger partial charge in [0.25, 0.3) is 0 Å². The molecule has 0 bridgehead atoms. The summed E-state index contributed by atoms with van der Waals surface area (Å²) in [6.45, 7) is 3.95. The van der Waals surface area contributed by atoms with Crippen LogP contribution in [0.4, 0.5) is 0 Å². The Hall–Kier alpha value is -0.900. The van der Waals surface area contributed by atoms with Gasteiger partial charge in [0.2, 0.25) is 0 Å². The molecule has 3 rings (SSSR count). The molecule has 0 radical (unpaired) electrons. The van der Waals surface area contributed by atoms with Crippen molar-refractivity contribution in [1.29, 1.82) is 0 Å². The average Bonchev–Trinajstić information content (AvgIpc) is 3.11. The third-order valence-corrected chi connectivity index (χ3v) is 4.47. The van der Waals surface area contributed by atoms with E-state index in [2.05, 4.69) is 41.5 Å². The molecule has 110 valence electrons. The van der Waals surface area contributed by atoms with E-state index in [0.29, 0.717) is 6.04 Å². The maximum atomic E-state index is 5.49. The summed E-state index contributed by atoms with van der Waals surface area (Å²) in [5.41, 5.74) is 2.96. The molecular formula is C17H26N2O. The van der Waals surface area contributed by atoms with Gasteiger partial charge in [-0.05, 0) is 50.4 Å². The molecule has 1 heterocycles. The minimum absolute atomic E-state index is 0.590. The first kappa shape index (κ1) is 14.1. The first-order valence-electron chi connectivity index (χ1n) is 7.91. The fourth-order valence-electron chi connectivity index (χ4n) is 2.92. The van der Waals surface area contributed by atoms with E-state index >= 15 is 0 Å². The van der Waals surface area contributed by atoms with Gasteiger partial charge < -0.3 is 10.1 Å². The van der Waals surface area contributed by atoms with Crippen LogP contribution in [0.15, 0.2) is 24.3 Å². The van der Waals surface area contributed by atoms with Gasteiger partial charge in [-0.1, -0.05) is 24.3 Å². The van der Waals surface area contributed by atoms with E-state index in [1.807, 2.05) is 0 Å². The lowest BCUT2D eigenvalue weighted by atomic mass is 10.0. The summed E-state index contributed by atoms with van der Waals surface area (Å²) in [6.07, 6.45) is 5.04. The monoisotopic (exact) mass is 274 g/mol. The smallest absolute Gasteiger partial charge is 0.0622 e.